The number of nitrogens with zero attached hydrogens (tertiary/aromatic N) is 2. The molecular formula is C8H6BrClN2. The van der Waals surface area contributed by atoms with E-state index in [-0.39, 0.29) is 0 Å². The zero-order chi connectivity index (χ0) is 8.55. The molecule has 0 aliphatic carbocycles. The number of hydrogen-bond acceptors (Lipinski definition) is 1. The van der Waals surface area contributed by atoms with Gasteiger partial charge in [0.25, 0.3) is 0 Å². The third-order valence-corrected chi connectivity index (χ3v) is 2.43. The predicted octanol–water partition coefficient (Wildman–Crippen LogP) is 2.84. The van der Waals surface area contributed by atoms with E-state index in [4.69, 9.17) is 11.6 Å². The maximum absolute atomic E-state index is 5.72. The summed E-state index contributed by atoms with van der Waals surface area (Å²) < 4.78 is 3.00. The molecule has 2 rings (SSSR count). The van der Waals surface area contributed by atoms with E-state index in [0.717, 1.165) is 15.8 Å². The van der Waals surface area contributed by atoms with Gasteiger partial charge in [-0.1, -0.05) is 0 Å². The van der Waals surface area contributed by atoms with Crippen LogP contribution in [0.2, 0.25) is 0 Å². The second kappa shape index (κ2) is 3.07. The number of hydrogen-bond donors (Lipinski definition) is 0. The van der Waals surface area contributed by atoms with Gasteiger partial charge >= 0.3 is 0 Å². The molecule has 0 saturated carbocycles. The molecule has 2 aromatic heterocycles. The molecular weight excluding hydrogens is 239 g/mol. The van der Waals surface area contributed by atoms with Crippen LogP contribution in [0.15, 0.2) is 29.0 Å². The Balaban J connectivity index is 2.75. The minimum absolute atomic E-state index is 0.484. The minimum Gasteiger partial charge on any atom is -0.302 e. The highest BCUT2D eigenvalue weighted by Crippen LogP contribution is 2.14. The molecule has 0 unspecified atom stereocenters. The molecule has 0 aliphatic heterocycles. The second-order valence-corrected chi connectivity index (χ2v) is 3.64. The van der Waals surface area contributed by atoms with Crippen molar-refractivity contribution in [2.45, 2.75) is 5.88 Å². The van der Waals surface area contributed by atoms with E-state index in [1.165, 1.54) is 0 Å². The van der Waals surface area contributed by atoms with Gasteiger partial charge < -0.3 is 4.40 Å². The first-order valence-corrected chi connectivity index (χ1v) is 4.81. The molecule has 62 valence electrons. The Hall–Kier alpha value is -0.540. The van der Waals surface area contributed by atoms with Crippen molar-refractivity contribution in [2.24, 2.45) is 0 Å². The van der Waals surface area contributed by atoms with E-state index >= 15 is 0 Å². The third kappa shape index (κ3) is 1.23. The molecule has 0 saturated heterocycles. The predicted molar refractivity (Wildman–Crippen MR) is 52.4 cm³/mol. The van der Waals surface area contributed by atoms with Gasteiger partial charge in [-0.05, 0) is 28.1 Å². The van der Waals surface area contributed by atoms with Gasteiger partial charge in [-0.15, -0.1) is 11.6 Å². The first-order chi connectivity index (χ1) is 5.81. The van der Waals surface area contributed by atoms with Gasteiger partial charge in [-0.3, -0.25) is 0 Å². The molecule has 0 aromatic carbocycles. The van der Waals surface area contributed by atoms with Crippen molar-refractivity contribution < 1.29 is 0 Å². The third-order valence-electron chi connectivity index (χ3n) is 1.68. The van der Waals surface area contributed by atoms with E-state index in [1.807, 2.05) is 22.7 Å². The van der Waals surface area contributed by atoms with E-state index < -0.39 is 0 Å². The van der Waals surface area contributed by atoms with Crippen LogP contribution in [0.3, 0.4) is 0 Å². The van der Waals surface area contributed by atoms with Crippen molar-refractivity contribution in [1.29, 1.82) is 0 Å². The van der Waals surface area contributed by atoms with Crippen molar-refractivity contribution in [3.05, 3.63) is 34.7 Å². The second-order valence-electron chi connectivity index (χ2n) is 2.46. The number of fused-ring (bicyclic) bond motifs is 1. The molecule has 0 atom stereocenters. The lowest BCUT2D eigenvalue weighted by atomic mass is 10.4. The standard InChI is InChI=1S/C8H6BrClN2/c9-6-1-2-8-11-4-7(3-10)12(8)5-6/h1-2,4-5H,3H2. The molecule has 2 nitrogen and oxygen atoms in total. The van der Waals surface area contributed by atoms with Crippen molar-refractivity contribution in [2.75, 3.05) is 0 Å². The van der Waals surface area contributed by atoms with Crippen LogP contribution >= 0.6 is 27.5 Å². The molecule has 0 bridgehead atoms. The zero-order valence-corrected chi connectivity index (χ0v) is 8.51. The Morgan fingerprint density at radius 1 is 1.50 bits per heavy atom. The Morgan fingerprint density at radius 2 is 2.33 bits per heavy atom. The SMILES string of the molecule is ClCc1cnc2ccc(Br)cn12. The van der Waals surface area contributed by atoms with Crippen molar-refractivity contribution in [1.82, 2.24) is 9.38 Å². The number of imidazole rings is 1. The fourth-order valence-electron chi connectivity index (χ4n) is 1.10. The highest BCUT2D eigenvalue weighted by molar-refractivity contribution is 9.10. The van der Waals surface area contributed by atoms with Gasteiger partial charge in [0, 0.05) is 10.7 Å². The normalized spacial score (nSPS) is 10.8. The van der Waals surface area contributed by atoms with Gasteiger partial charge in [0.05, 0.1) is 17.8 Å². The first kappa shape index (κ1) is 8.08. The Labute approximate surface area is 83.3 Å². The lowest BCUT2D eigenvalue weighted by molar-refractivity contribution is 1.08. The summed E-state index contributed by atoms with van der Waals surface area (Å²) in [6.07, 6.45) is 3.74. The van der Waals surface area contributed by atoms with E-state index in [0.29, 0.717) is 5.88 Å². The molecule has 0 radical (unpaired) electrons. The van der Waals surface area contributed by atoms with Gasteiger partial charge in [0.1, 0.15) is 5.65 Å². The smallest absolute Gasteiger partial charge is 0.136 e. The largest absolute Gasteiger partial charge is 0.302 e. The number of alkyl halides is 1. The molecule has 0 spiro atoms. The zero-order valence-electron chi connectivity index (χ0n) is 6.17. The molecule has 4 heteroatoms. The molecule has 2 heterocycles. The Morgan fingerprint density at radius 3 is 3.08 bits per heavy atom. The van der Waals surface area contributed by atoms with Crippen LogP contribution in [0, 0.1) is 0 Å². The molecule has 2 aromatic rings. The quantitative estimate of drug-likeness (QED) is 0.706. The molecule has 12 heavy (non-hydrogen) atoms. The van der Waals surface area contributed by atoms with Crippen molar-refractivity contribution in [3.63, 3.8) is 0 Å². The van der Waals surface area contributed by atoms with Crippen molar-refractivity contribution >= 4 is 33.2 Å². The van der Waals surface area contributed by atoms with Crippen LogP contribution in [0.4, 0.5) is 0 Å². The van der Waals surface area contributed by atoms with Gasteiger partial charge in [-0.2, -0.15) is 0 Å². The fraction of sp³-hybridized carbons (Fsp3) is 0.125. The molecule has 0 amide bonds. The fourth-order valence-corrected chi connectivity index (χ4v) is 1.64. The summed E-state index contributed by atoms with van der Waals surface area (Å²) in [6, 6.07) is 3.90. The van der Waals surface area contributed by atoms with Gasteiger partial charge in [0.2, 0.25) is 0 Å². The number of pyridine rings is 1. The van der Waals surface area contributed by atoms with Crippen LogP contribution in [-0.2, 0) is 5.88 Å². The van der Waals surface area contributed by atoms with Gasteiger partial charge in [-0.25, -0.2) is 4.98 Å². The molecule has 0 N–H and O–H groups in total. The highest BCUT2D eigenvalue weighted by Gasteiger charge is 2.00. The maximum atomic E-state index is 5.72. The average Bonchev–Trinajstić information content (AvgIpc) is 2.46. The first-order valence-electron chi connectivity index (χ1n) is 3.49. The van der Waals surface area contributed by atoms with E-state index in [2.05, 4.69) is 20.9 Å². The molecule has 0 fully saturated rings. The van der Waals surface area contributed by atoms with E-state index in [9.17, 15) is 0 Å². The summed E-state index contributed by atoms with van der Waals surface area (Å²) in [5, 5.41) is 0. The topological polar surface area (TPSA) is 17.3 Å². The van der Waals surface area contributed by atoms with Crippen LogP contribution < -0.4 is 0 Å². The Bertz CT molecular complexity index is 410. The maximum Gasteiger partial charge on any atom is 0.136 e. The summed E-state index contributed by atoms with van der Waals surface area (Å²) in [5.74, 6) is 0.484. The highest BCUT2D eigenvalue weighted by atomic mass is 79.9. The minimum atomic E-state index is 0.484. The van der Waals surface area contributed by atoms with Crippen LogP contribution in [0.1, 0.15) is 5.69 Å². The van der Waals surface area contributed by atoms with E-state index in [1.54, 1.807) is 6.20 Å². The monoisotopic (exact) mass is 244 g/mol. The summed E-state index contributed by atoms with van der Waals surface area (Å²) >= 11 is 9.11. The van der Waals surface area contributed by atoms with Gasteiger partial charge in [0.15, 0.2) is 0 Å². The summed E-state index contributed by atoms with van der Waals surface area (Å²) in [5.41, 5.74) is 1.93. The molecule has 0 aliphatic rings. The summed E-state index contributed by atoms with van der Waals surface area (Å²) in [4.78, 5) is 4.19. The lowest BCUT2D eigenvalue weighted by Gasteiger charge is -1.97. The summed E-state index contributed by atoms with van der Waals surface area (Å²) in [7, 11) is 0. The summed E-state index contributed by atoms with van der Waals surface area (Å²) in [6.45, 7) is 0. The number of aromatic nitrogens is 2. The average molecular weight is 246 g/mol. The van der Waals surface area contributed by atoms with Crippen molar-refractivity contribution in [3.8, 4) is 0 Å². The number of halogens is 2. The van der Waals surface area contributed by atoms with Crippen LogP contribution in [0.5, 0.6) is 0 Å². The Kier molecular flexibility index (Phi) is 2.07. The van der Waals surface area contributed by atoms with Crippen LogP contribution in [0.25, 0.3) is 5.65 Å². The lowest BCUT2D eigenvalue weighted by Crippen LogP contribution is -1.88. The number of rotatable bonds is 1. The van der Waals surface area contributed by atoms with Crippen LogP contribution in [-0.4, -0.2) is 9.38 Å².